The Kier molecular flexibility index (Phi) is 5.75. The summed E-state index contributed by atoms with van der Waals surface area (Å²) in [5.74, 6) is -0.293. The number of carbonyl (C=O) groups is 1. The molecule has 0 bridgehead atoms. The summed E-state index contributed by atoms with van der Waals surface area (Å²) in [6, 6.07) is 12.0. The highest BCUT2D eigenvalue weighted by atomic mass is 16.5. The maximum atomic E-state index is 12.7. The normalized spacial score (nSPS) is 10.5. The standard InChI is InChI=1S/C20H16N6O3/c1-13-15(10-21)20(28)26(16-7-3-4-8-17(16)29-2)25-18(13)19(27)24-23-12-14-6-5-9-22-11-14/h3-9,11-12H,1-2H3,(H,24,27)/b23-12+. The molecule has 144 valence electrons. The first-order chi connectivity index (χ1) is 14.1. The first-order valence-corrected chi connectivity index (χ1v) is 8.47. The zero-order chi connectivity index (χ0) is 20.8. The van der Waals surface area contributed by atoms with Crippen LogP contribution in [0.2, 0.25) is 0 Å². The first kappa shape index (κ1) is 19.4. The minimum absolute atomic E-state index is 0.101. The van der Waals surface area contributed by atoms with Crippen molar-refractivity contribution in [1.29, 1.82) is 5.26 Å². The van der Waals surface area contributed by atoms with Gasteiger partial charge in [-0.25, -0.2) is 5.43 Å². The zero-order valence-corrected chi connectivity index (χ0v) is 15.7. The molecule has 0 atom stereocenters. The van der Waals surface area contributed by atoms with Crippen molar-refractivity contribution < 1.29 is 9.53 Å². The summed E-state index contributed by atoms with van der Waals surface area (Å²) in [6.07, 6.45) is 4.62. The van der Waals surface area contributed by atoms with Crippen molar-refractivity contribution in [2.45, 2.75) is 6.92 Å². The molecule has 0 aliphatic rings. The van der Waals surface area contributed by atoms with Gasteiger partial charge in [0.2, 0.25) is 0 Å². The number of rotatable bonds is 5. The Morgan fingerprint density at radius 3 is 2.79 bits per heavy atom. The Morgan fingerprint density at radius 2 is 2.10 bits per heavy atom. The van der Waals surface area contributed by atoms with E-state index in [1.54, 1.807) is 48.8 Å². The van der Waals surface area contributed by atoms with E-state index >= 15 is 0 Å². The summed E-state index contributed by atoms with van der Waals surface area (Å²) < 4.78 is 6.24. The highest BCUT2D eigenvalue weighted by molar-refractivity contribution is 5.94. The van der Waals surface area contributed by atoms with Crippen LogP contribution in [0.3, 0.4) is 0 Å². The van der Waals surface area contributed by atoms with E-state index in [-0.39, 0.29) is 16.8 Å². The topological polar surface area (TPSA) is 122 Å². The van der Waals surface area contributed by atoms with Gasteiger partial charge in [0.15, 0.2) is 5.69 Å². The Hall–Kier alpha value is -4.32. The zero-order valence-electron chi connectivity index (χ0n) is 15.7. The van der Waals surface area contributed by atoms with Crippen LogP contribution < -0.4 is 15.7 Å². The van der Waals surface area contributed by atoms with Crippen molar-refractivity contribution in [3.63, 3.8) is 0 Å². The molecule has 1 amide bonds. The lowest BCUT2D eigenvalue weighted by molar-refractivity contribution is 0.0947. The molecule has 0 aliphatic heterocycles. The van der Waals surface area contributed by atoms with Crippen molar-refractivity contribution in [3.8, 4) is 17.5 Å². The molecule has 1 N–H and O–H groups in total. The fraction of sp³-hybridized carbons (Fsp3) is 0.100. The maximum Gasteiger partial charge on any atom is 0.292 e. The SMILES string of the molecule is COc1ccccc1-n1nc(C(=O)N/N=C/c2cccnc2)c(C)c(C#N)c1=O. The van der Waals surface area contributed by atoms with Crippen LogP contribution in [-0.4, -0.2) is 34.0 Å². The van der Waals surface area contributed by atoms with Crippen molar-refractivity contribution >= 4 is 12.1 Å². The van der Waals surface area contributed by atoms with Gasteiger partial charge in [-0.05, 0) is 25.1 Å². The molecule has 9 heteroatoms. The highest BCUT2D eigenvalue weighted by Gasteiger charge is 2.21. The number of nitrogens with one attached hydrogen (secondary N) is 1. The van der Waals surface area contributed by atoms with Gasteiger partial charge in [-0.2, -0.15) is 20.1 Å². The summed E-state index contributed by atoms with van der Waals surface area (Å²) in [7, 11) is 1.45. The van der Waals surface area contributed by atoms with E-state index in [0.29, 0.717) is 17.0 Å². The van der Waals surface area contributed by atoms with Gasteiger partial charge < -0.3 is 4.74 Å². The van der Waals surface area contributed by atoms with Crippen molar-refractivity contribution in [1.82, 2.24) is 20.2 Å². The van der Waals surface area contributed by atoms with Crippen molar-refractivity contribution in [2.24, 2.45) is 5.10 Å². The number of hydrogen-bond acceptors (Lipinski definition) is 7. The number of hydrogen-bond donors (Lipinski definition) is 1. The smallest absolute Gasteiger partial charge is 0.292 e. The van der Waals surface area contributed by atoms with Crippen LogP contribution in [0, 0.1) is 18.3 Å². The molecule has 3 rings (SSSR count). The molecule has 0 fully saturated rings. The lowest BCUT2D eigenvalue weighted by atomic mass is 10.1. The van der Waals surface area contributed by atoms with E-state index in [9.17, 15) is 14.9 Å². The Labute approximate surface area is 165 Å². The lowest BCUT2D eigenvalue weighted by Crippen LogP contribution is -2.31. The predicted molar refractivity (Wildman–Crippen MR) is 105 cm³/mol. The molecule has 3 aromatic rings. The molecule has 0 saturated heterocycles. The molecule has 29 heavy (non-hydrogen) atoms. The lowest BCUT2D eigenvalue weighted by Gasteiger charge is -2.13. The number of hydrazone groups is 1. The third-order valence-corrected chi connectivity index (χ3v) is 4.04. The van der Waals surface area contributed by atoms with Gasteiger partial charge in [-0.15, -0.1) is 0 Å². The van der Waals surface area contributed by atoms with E-state index in [1.165, 1.54) is 20.2 Å². The fourth-order valence-electron chi connectivity index (χ4n) is 2.59. The third-order valence-electron chi connectivity index (χ3n) is 4.04. The molecule has 0 aliphatic carbocycles. The summed E-state index contributed by atoms with van der Waals surface area (Å²) in [6.45, 7) is 1.49. The number of para-hydroxylation sites is 2. The summed E-state index contributed by atoms with van der Waals surface area (Å²) in [4.78, 5) is 29.3. The summed E-state index contributed by atoms with van der Waals surface area (Å²) in [5.41, 5.74) is 2.58. The highest BCUT2D eigenvalue weighted by Crippen LogP contribution is 2.20. The molecule has 9 nitrogen and oxygen atoms in total. The number of pyridine rings is 1. The summed E-state index contributed by atoms with van der Waals surface area (Å²) in [5, 5.41) is 17.5. The van der Waals surface area contributed by atoms with E-state index in [0.717, 1.165) is 4.68 Å². The van der Waals surface area contributed by atoms with E-state index in [4.69, 9.17) is 4.74 Å². The van der Waals surface area contributed by atoms with Gasteiger partial charge in [0.1, 0.15) is 23.1 Å². The second kappa shape index (κ2) is 8.58. The number of methoxy groups -OCH3 is 1. The average Bonchev–Trinajstić information content (AvgIpc) is 2.75. The molecule has 1 aromatic carbocycles. The number of aromatic nitrogens is 3. The largest absolute Gasteiger partial charge is 0.494 e. The van der Waals surface area contributed by atoms with Crippen LogP contribution in [-0.2, 0) is 0 Å². The predicted octanol–water partition coefficient (Wildman–Crippen LogP) is 1.58. The number of benzene rings is 1. The van der Waals surface area contributed by atoms with Gasteiger partial charge in [0.05, 0.1) is 13.3 Å². The number of nitrogens with zero attached hydrogens (tertiary/aromatic N) is 5. The number of amides is 1. The van der Waals surface area contributed by atoms with Gasteiger partial charge in [-0.3, -0.25) is 14.6 Å². The second-order valence-corrected chi connectivity index (χ2v) is 5.83. The van der Waals surface area contributed by atoms with Gasteiger partial charge >= 0.3 is 0 Å². The first-order valence-electron chi connectivity index (χ1n) is 8.47. The van der Waals surface area contributed by atoms with Gasteiger partial charge in [0.25, 0.3) is 11.5 Å². The molecule has 0 radical (unpaired) electrons. The molecular formula is C20H16N6O3. The Balaban J connectivity index is 2.03. The minimum Gasteiger partial charge on any atom is -0.494 e. The molecule has 0 spiro atoms. The maximum absolute atomic E-state index is 12.7. The van der Waals surface area contributed by atoms with E-state index in [2.05, 4.69) is 20.6 Å². The summed E-state index contributed by atoms with van der Waals surface area (Å²) >= 11 is 0. The molecule has 2 aromatic heterocycles. The van der Waals surface area contributed by atoms with Crippen LogP contribution in [0.4, 0.5) is 0 Å². The third kappa shape index (κ3) is 4.01. The van der Waals surface area contributed by atoms with Crippen molar-refractivity contribution in [3.05, 3.63) is 81.5 Å². The Bertz CT molecular complexity index is 1180. The number of carbonyl (C=O) groups excluding carboxylic acids is 1. The fourth-order valence-corrected chi connectivity index (χ4v) is 2.59. The monoisotopic (exact) mass is 388 g/mol. The molecule has 0 saturated carbocycles. The number of ether oxygens (including phenoxy) is 1. The van der Waals surface area contributed by atoms with E-state index < -0.39 is 11.5 Å². The molecule has 0 unspecified atom stereocenters. The van der Waals surface area contributed by atoms with Gasteiger partial charge in [0, 0.05) is 23.5 Å². The van der Waals surface area contributed by atoms with Crippen LogP contribution in [0.5, 0.6) is 5.75 Å². The van der Waals surface area contributed by atoms with E-state index in [1.807, 2.05) is 6.07 Å². The van der Waals surface area contributed by atoms with Gasteiger partial charge in [-0.1, -0.05) is 18.2 Å². The molecular weight excluding hydrogens is 372 g/mol. The van der Waals surface area contributed by atoms with Crippen LogP contribution in [0.25, 0.3) is 5.69 Å². The number of nitriles is 1. The van der Waals surface area contributed by atoms with Crippen molar-refractivity contribution in [2.75, 3.05) is 7.11 Å². The van der Waals surface area contributed by atoms with Crippen LogP contribution in [0.15, 0.2) is 58.7 Å². The van der Waals surface area contributed by atoms with Crippen LogP contribution in [0.1, 0.15) is 27.2 Å². The minimum atomic E-state index is -0.664. The van der Waals surface area contributed by atoms with Crippen LogP contribution >= 0.6 is 0 Å². The average molecular weight is 388 g/mol. The quantitative estimate of drug-likeness (QED) is 0.523. The Morgan fingerprint density at radius 1 is 1.31 bits per heavy atom. The molecule has 2 heterocycles. The second-order valence-electron chi connectivity index (χ2n) is 5.83.